The molecule has 0 unspecified atom stereocenters. The summed E-state index contributed by atoms with van der Waals surface area (Å²) in [4.78, 5) is 35.7. The topological polar surface area (TPSA) is 89.8 Å². The van der Waals surface area contributed by atoms with E-state index in [-0.39, 0.29) is 22.9 Å². The molecule has 1 amide bonds. The zero-order valence-electron chi connectivity index (χ0n) is 15.4. The third-order valence-electron chi connectivity index (χ3n) is 4.12. The first-order valence-corrected chi connectivity index (χ1v) is 8.64. The number of Topliss-reactive ketones (excluding diaryl/α,β-unsaturated/α-hetero) is 1. The number of ketones is 1. The van der Waals surface area contributed by atoms with Gasteiger partial charge in [-0.3, -0.25) is 19.7 Å². The maximum Gasteiger partial charge on any atom is 0.283 e. The number of anilines is 1. The molecule has 0 aliphatic rings. The summed E-state index contributed by atoms with van der Waals surface area (Å²) in [5.41, 5.74) is 0.637. The Bertz CT molecular complexity index is 820. The quantitative estimate of drug-likeness (QED) is 0.288. The number of rotatable bonds is 9. The highest BCUT2D eigenvalue weighted by atomic mass is 16.6. The average Bonchev–Trinajstić information content (AvgIpc) is 2.67. The summed E-state index contributed by atoms with van der Waals surface area (Å²) in [7, 11) is 1.74. The molecule has 0 aliphatic heterocycles. The second kappa shape index (κ2) is 9.47. The second-order valence-corrected chi connectivity index (χ2v) is 6.09. The fourth-order valence-electron chi connectivity index (χ4n) is 2.58. The monoisotopic (exact) mass is 370 g/mol. The number of para-hydroxylation sites is 1. The Balaban J connectivity index is 1.80. The van der Waals surface area contributed by atoms with Crippen LogP contribution in [0.3, 0.4) is 0 Å². The summed E-state index contributed by atoms with van der Waals surface area (Å²) in [5.74, 6) is -0.0172. The Labute approximate surface area is 157 Å². The van der Waals surface area contributed by atoms with Crippen LogP contribution in [0.1, 0.15) is 36.5 Å². The number of carbonyl (C=O) groups is 2. The van der Waals surface area contributed by atoms with Gasteiger partial charge in [0.25, 0.3) is 5.69 Å². The van der Waals surface area contributed by atoms with Gasteiger partial charge < -0.3 is 9.64 Å². The van der Waals surface area contributed by atoms with Crippen molar-refractivity contribution in [1.29, 1.82) is 0 Å². The van der Waals surface area contributed by atoms with E-state index in [1.807, 2.05) is 30.3 Å². The van der Waals surface area contributed by atoms with E-state index < -0.39 is 4.92 Å². The lowest BCUT2D eigenvalue weighted by molar-refractivity contribution is -0.385. The maximum absolute atomic E-state index is 12.2. The summed E-state index contributed by atoms with van der Waals surface area (Å²) in [6.07, 6.45) is 1.67. The first-order valence-electron chi connectivity index (χ1n) is 8.64. The Kier molecular flexibility index (Phi) is 7.05. The third kappa shape index (κ3) is 5.64. The molecule has 0 bridgehead atoms. The summed E-state index contributed by atoms with van der Waals surface area (Å²) in [6.45, 7) is 1.62. The maximum atomic E-state index is 12.2. The molecule has 0 saturated carbocycles. The van der Waals surface area contributed by atoms with Crippen molar-refractivity contribution in [1.82, 2.24) is 0 Å². The average molecular weight is 370 g/mol. The van der Waals surface area contributed by atoms with Crippen LogP contribution in [0.2, 0.25) is 0 Å². The van der Waals surface area contributed by atoms with Crippen molar-refractivity contribution in [3.8, 4) is 5.75 Å². The second-order valence-electron chi connectivity index (χ2n) is 6.09. The van der Waals surface area contributed by atoms with Gasteiger partial charge in [-0.15, -0.1) is 0 Å². The van der Waals surface area contributed by atoms with Gasteiger partial charge in [0, 0.05) is 19.2 Å². The molecule has 7 heteroatoms. The first-order chi connectivity index (χ1) is 12.9. The molecule has 0 radical (unpaired) electrons. The van der Waals surface area contributed by atoms with E-state index in [4.69, 9.17) is 4.74 Å². The molecule has 27 heavy (non-hydrogen) atoms. The van der Waals surface area contributed by atoms with E-state index in [1.165, 1.54) is 25.1 Å². The van der Waals surface area contributed by atoms with Crippen LogP contribution in [-0.2, 0) is 4.79 Å². The lowest BCUT2D eigenvalue weighted by atomic mass is 10.1. The van der Waals surface area contributed by atoms with E-state index >= 15 is 0 Å². The van der Waals surface area contributed by atoms with Crippen molar-refractivity contribution >= 4 is 23.1 Å². The molecule has 0 heterocycles. The molecule has 0 atom stereocenters. The molecular formula is C20H22N2O5. The van der Waals surface area contributed by atoms with Gasteiger partial charge in [-0.1, -0.05) is 18.2 Å². The van der Waals surface area contributed by atoms with Crippen LogP contribution in [0.15, 0.2) is 48.5 Å². The number of ether oxygens (including phenoxy) is 1. The van der Waals surface area contributed by atoms with Crippen LogP contribution >= 0.6 is 0 Å². The molecule has 7 nitrogen and oxygen atoms in total. The SMILES string of the molecule is CC(=O)c1ccc(OCCCCC(=O)N(C)c2ccccc2)cc1[N+](=O)[O-]. The highest BCUT2D eigenvalue weighted by Crippen LogP contribution is 2.25. The summed E-state index contributed by atoms with van der Waals surface area (Å²) >= 11 is 0. The summed E-state index contributed by atoms with van der Waals surface area (Å²) in [6, 6.07) is 13.6. The van der Waals surface area contributed by atoms with Crippen molar-refractivity contribution in [3.05, 3.63) is 64.2 Å². The van der Waals surface area contributed by atoms with Gasteiger partial charge in [-0.05, 0) is 44.0 Å². The number of nitro groups is 1. The van der Waals surface area contributed by atoms with Crippen molar-refractivity contribution in [2.24, 2.45) is 0 Å². The van der Waals surface area contributed by atoms with Gasteiger partial charge in [0.15, 0.2) is 5.78 Å². The first kappa shape index (κ1) is 20.1. The Hall–Kier alpha value is -3.22. The number of unbranched alkanes of at least 4 members (excludes halogenated alkanes) is 1. The van der Waals surface area contributed by atoms with Gasteiger partial charge >= 0.3 is 0 Å². The Morgan fingerprint density at radius 1 is 1.11 bits per heavy atom. The molecule has 0 spiro atoms. The zero-order chi connectivity index (χ0) is 19.8. The third-order valence-corrected chi connectivity index (χ3v) is 4.12. The van der Waals surface area contributed by atoms with E-state index in [0.717, 1.165) is 5.69 Å². The number of nitro benzene ring substituents is 1. The van der Waals surface area contributed by atoms with Crippen LogP contribution in [0.4, 0.5) is 11.4 Å². The van der Waals surface area contributed by atoms with Crippen molar-refractivity contribution in [2.75, 3.05) is 18.6 Å². The highest BCUT2D eigenvalue weighted by Gasteiger charge is 2.18. The molecule has 142 valence electrons. The van der Waals surface area contributed by atoms with Crippen LogP contribution in [-0.4, -0.2) is 30.3 Å². The molecule has 0 N–H and O–H groups in total. The van der Waals surface area contributed by atoms with Crippen molar-refractivity contribution < 1.29 is 19.2 Å². The van der Waals surface area contributed by atoms with E-state index in [9.17, 15) is 19.7 Å². The van der Waals surface area contributed by atoms with E-state index in [1.54, 1.807) is 11.9 Å². The smallest absolute Gasteiger partial charge is 0.283 e. The Morgan fingerprint density at radius 2 is 1.81 bits per heavy atom. The lowest BCUT2D eigenvalue weighted by Gasteiger charge is -2.17. The molecule has 0 aromatic heterocycles. The highest BCUT2D eigenvalue weighted by molar-refractivity contribution is 5.98. The number of hydrogen-bond acceptors (Lipinski definition) is 5. The lowest BCUT2D eigenvalue weighted by Crippen LogP contribution is -2.25. The van der Waals surface area contributed by atoms with Crippen molar-refractivity contribution in [2.45, 2.75) is 26.2 Å². The van der Waals surface area contributed by atoms with Gasteiger partial charge in [-0.25, -0.2) is 0 Å². The van der Waals surface area contributed by atoms with Gasteiger partial charge in [0.1, 0.15) is 5.75 Å². The minimum absolute atomic E-state index is 0.0163. The molecule has 0 fully saturated rings. The molecule has 0 saturated heterocycles. The minimum Gasteiger partial charge on any atom is -0.493 e. The zero-order valence-corrected chi connectivity index (χ0v) is 15.4. The molecule has 2 aromatic carbocycles. The molecule has 0 aliphatic carbocycles. The normalized spacial score (nSPS) is 10.3. The fourth-order valence-corrected chi connectivity index (χ4v) is 2.58. The predicted octanol–water partition coefficient (Wildman–Crippen LogP) is 4.01. The summed E-state index contributed by atoms with van der Waals surface area (Å²) in [5, 5.41) is 11.1. The number of carbonyl (C=O) groups excluding carboxylic acids is 2. The molecular weight excluding hydrogens is 348 g/mol. The molecule has 2 rings (SSSR count). The number of benzene rings is 2. The fraction of sp³-hybridized carbons (Fsp3) is 0.300. The molecule has 2 aromatic rings. The van der Waals surface area contributed by atoms with E-state index in [2.05, 4.69) is 0 Å². The minimum atomic E-state index is -0.596. The van der Waals surface area contributed by atoms with Gasteiger partial charge in [0.2, 0.25) is 5.91 Å². The standard InChI is InChI=1S/C20H22N2O5/c1-15(23)18-12-11-17(14-19(18)22(25)26)27-13-7-6-10-20(24)21(2)16-8-4-3-5-9-16/h3-5,8-9,11-12,14H,6-7,10,13H2,1-2H3. The van der Waals surface area contributed by atoms with Crippen molar-refractivity contribution in [3.63, 3.8) is 0 Å². The van der Waals surface area contributed by atoms with Gasteiger partial charge in [0.05, 0.1) is 23.2 Å². The van der Waals surface area contributed by atoms with Crippen LogP contribution in [0.5, 0.6) is 5.75 Å². The number of amides is 1. The summed E-state index contributed by atoms with van der Waals surface area (Å²) < 4.78 is 5.52. The van der Waals surface area contributed by atoms with E-state index in [0.29, 0.717) is 31.6 Å². The number of hydrogen-bond donors (Lipinski definition) is 0. The van der Waals surface area contributed by atoms with Crippen LogP contribution < -0.4 is 9.64 Å². The largest absolute Gasteiger partial charge is 0.493 e. The Morgan fingerprint density at radius 3 is 2.44 bits per heavy atom. The van der Waals surface area contributed by atoms with Gasteiger partial charge in [-0.2, -0.15) is 0 Å². The predicted molar refractivity (Wildman–Crippen MR) is 102 cm³/mol. The number of nitrogens with zero attached hydrogens (tertiary/aromatic N) is 2. The van der Waals surface area contributed by atoms with Crippen LogP contribution in [0, 0.1) is 10.1 Å². The van der Waals surface area contributed by atoms with Crippen LogP contribution in [0.25, 0.3) is 0 Å².